The standard InChI is InChI=1S/C21H22Cl2O.C10H15N.C6H8N.C5H10.Mo/c1-12-17(22)10-13-6-2-4-8-15(13)19(12)20-16-9-5-3-7-14(16)11-18(23)21(20)24;11-10-4-7-1-8(5-10)3-9(2-7)6-10;1-5-3-4-6(2)7-5;1-5(2,3)4;/h10-11,24H,2-9H2,1H3;7-9H,1-6H2;3-4H,1-2H3;1H,2-4H3;/q;;-1;;. The maximum absolute atomic E-state index is 10.8. The van der Waals surface area contributed by atoms with E-state index in [1.54, 1.807) is 0 Å². The van der Waals surface area contributed by atoms with Crippen LogP contribution in [0.25, 0.3) is 11.1 Å². The van der Waals surface area contributed by atoms with E-state index in [9.17, 15) is 5.11 Å². The van der Waals surface area contributed by atoms with Gasteiger partial charge in [0.2, 0.25) is 0 Å². The zero-order valence-corrected chi connectivity index (χ0v) is 33.5. The third-order valence-corrected chi connectivity index (χ3v) is 15.1. The Kier molecular flexibility index (Phi) is 11.3. The van der Waals surface area contributed by atoms with E-state index in [2.05, 4.69) is 43.1 Å². The van der Waals surface area contributed by atoms with Gasteiger partial charge in [0.25, 0.3) is 0 Å². The number of aromatic nitrogens is 1. The zero-order valence-electron chi connectivity index (χ0n) is 30.0. The van der Waals surface area contributed by atoms with Gasteiger partial charge in [0.1, 0.15) is 5.75 Å². The topological polar surface area (TPSA) is 46.7 Å². The van der Waals surface area contributed by atoms with E-state index in [0.717, 1.165) is 76.5 Å². The molecular weight excluding hydrogens is 715 g/mol. The third-order valence-electron chi connectivity index (χ3n) is 11.2. The van der Waals surface area contributed by atoms with Crippen LogP contribution >= 0.6 is 23.2 Å². The minimum atomic E-state index is -0.214. The number of phenolic OH excluding ortho intramolecular Hbond substituents is 1. The molecule has 3 nitrogen and oxygen atoms in total. The molecule has 0 atom stereocenters. The molecule has 3 aromatic rings. The first-order valence-corrected chi connectivity index (χ1v) is 21.3. The van der Waals surface area contributed by atoms with Crippen molar-refractivity contribution in [1.82, 2.24) is 4.98 Å². The van der Waals surface area contributed by atoms with Crippen LogP contribution < -0.4 is 4.98 Å². The first-order chi connectivity index (χ1) is 22.8. The number of fused-ring (bicyclic) bond motifs is 2. The van der Waals surface area contributed by atoms with Crippen molar-refractivity contribution in [3.63, 3.8) is 0 Å². The molecule has 4 saturated carbocycles. The fourth-order valence-electron chi connectivity index (χ4n) is 9.51. The predicted octanol–water partition coefficient (Wildman–Crippen LogP) is 11.8. The van der Waals surface area contributed by atoms with Gasteiger partial charge in [0, 0.05) is 10.6 Å². The normalized spacial score (nSPS) is 25.1. The summed E-state index contributed by atoms with van der Waals surface area (Å²) in [6.07, 6.45) is 17.9. The van der Waals surface area contributed by atoms with E-state index in [-0.39, 0.29) is 23.7 Å². The maximum atomic E-state index is 10.8. The van der Waals surface area contributed by atoms with Crippen molar-refractivity contribution >= 4 is 27.6 Å². The number of hydrogen-bond donors (Lipinski definition) is 1. The van der Waals surface area contributed by atoms with Crippen LogP contribution in [0.2, 0.25) is 10.0 Å². The van der Waals surface area contributed by atoms with Crippen molar-refractivity contribution in [1.29, 1.82) is 0 Å². The van der Waals surface area contributed by atoms with Crippen LogP contribution in [-0.2, 0) is 43.6 Å². The van der Waals surface area contributed by atoms with Gasteiger partial charge in [0.05, 0.1) is 5.02 Å². The number of aryl methyl sites for hydroxylation is 4. The molecule has 0 unspecified atom stereocenters. The third kappa shape index (κ3) is 8.32. The van der Waals surface area contributed by atoms with Crippen molar-refractivity contribution in [2.24, 2.45) is 26.7 Å². The molecule has 1 N–H and O–H groups in total. The van der Waals surface area contributed by atoms with Gasteiger partial charge in [-0.05, 0) is 104 Å². The summed E-state index contributed by atoms with van der Waals surface area (Å²) in [6, 6.07) is 8.11. The van der Waals surface area contributed by atoms with Gasteiger partial charge in [-0.15, -0.1) is 0 Å². The van der Waals surface area contributed by atoms with Crippen LogP contribution in [-0.4, -0.2) is 15.0 Å². The summed E-state index contributed by atoms with van der Waals surface area (Å²) in [5, 5.41) is 12.1. The molecule has 9 rings (SSSR count). The monoisotopic (exact) mass is 771 g/mol. The second-order valence-corrected chi connectivity index (χ2v) is 19.0. The average Bonchev–Trinajstić information content (AvgIpc) is 3.40. The van der Waals surface area contributed by atoms with E-state index in [4.69, 9.17) is 26.7 Å². The summed E-state index contributed by atoms with van der Waals surface area (Å²) in [6.45, 7) is 13.0. The number of halogens is 2. The van der Waals surface area contributed by atoms with Crippen LogP contribution in [0.15, 0.2) is 27.8 Å². The van der Waals surface area contributed by atoms with Crippen LogP contribution in [0.4, 0.5) is 0 Å². The fourth-order valence-corrected chi connectivity index (χ4v) is 12.0. The number of hydrogen-bond acceptors (Lipinski definition) is 2. The number of aromatic hydroxyl groups is 1. The number of rotatable bonds is 2. The van der Waals surface area contributed by atoms with Gasteiger partial charge in [-0.2, -0.15) is 11.4 Å². The summed E-state index contributed by atoms with van der Waals surface area (Å²) in [4.78, 5) is 4.11. The van der Waals surface area contributed by atoms with Crippen molar-refractivity contribution in [2.45, 2.75) is 137 Å². The SMILES string of the molecule is CC(C)(C)[CH]=[Mo]=[N]C12CC3CC(CC(C3)C1)C2.Cc1c(Cl)cc2c(c1-c1c(O)c(Cl)cc3c1CCCC3)CCCC2.Cc1ccc(C)[n-]1. The molecule has 0 saturated heterocycles. The molecule has 1 aromatic heterocycles. The van der Waals surface area contributed by atoms with Gasteiger partial charge in [-0.3, -0.25) is 0 Å². The van der Waals surface area contributed by atoms with E-state index >= 15 is 0 Å². The quantitative estimate of drug-likeness (QED) is 0.264. The molecule has 0 aliphatic heterocycles. The Labute approximate surface area is 307 Å². The van der Waals surface area contributed by atoms with Crippen molar-refractivity contribution < 1.29 is 23.0 Å². The summed E-state index contributed by atoms with van der Waals surface area (Å²) in [7, 11) is 0. The molecule has 4 fully saturated rings. The van der Waals surface area contributed by atoms with E-state index in [1.165, 1.54) is 86.5 Å². The molecule has 2 aromatic carbocycles. The Hall–Kier alpha value is -1.54. The van der Waals surface area contributed by atoms with Gasteiger partial charge in [0.15, 0.2) is 0 Å². The van der Waals surface area contributed by atoms with Crippen molar-refractivity contribution in [3.05, 3.63) is 73.5 Å². The molecule has 6 aliphatic rings. The van der Waals surface area contributed by atoms with E-state index in [0.29, 0.717) is 16.0 Å². The second-order valence-electron chi connectivity index (χ2n) is 16.7. The van der Waals surface area contributed by atoms with Crippen LogP contribution in [0, 0.1) is 43.9 Å². The molecule has 260 valence electrons. The van der Waals surface area contributed by atoms with Crippen molar-refractivity contribution in [2.75, 3.05) is 0 Å². The van der Waals surface area contributed by atoms with Gasteiger partial charge < -0.3 is 10.1 Å². The molecule has 6 heteroatoms. The summed E-state index contributed by atoms with van der Waals surface area (Å²) in [5.74, 6) is 3.38. The molecule has 0 spiro atoms. The number of nitrogens with zero attached hydrogens (tertiary/aromatic N) is 2. The molecular formula is C42H55Cl2MoN2O-. The van der Waals surface area contributed by atoms with Gasteiger partial charge in [-0.25, -0.2) is 0 Å². The zero-order chi connectivity index (χ0) is 34.2. The Morgan fingerprint density at radius 3 is 1.73 bits per heavy atom. The molecule has 1 heterocycles. The van der Waals surface area contributed by atoms with Crippen LogP contribution in [0.5, 0.6) is 5.75 Å². The van der Waals surface area contributed by atoms with E-state index < -0.39 is 0 Å². The summed E-state index contributed by atoms with van der Waals surface area (Å²) < 4.78 is 7.80. The molecule has 6 aliphatic carbocycles. The molecule has 4 bridgehead atoms. The van der Waals surface area contributed by atoms with Crippen LogP contribution in [0.1, 0.15) is 124 Å². The van der Waals surface area contributed by atoms with E-state index in [1.807, 2.05) is 32.0 Å². The predicted molar refractivity (Wildman–Crippen MR) is 200 cm³/mol. The average molecular weight is 771 g/mol. The van der Waals surface area contributed by atoms with Gasteiger partial charge >= 0.3 is 114 Å². The Balaban J connectivity index is 0.000000145. The smallest absolute Gasteiger partial charge is 0.142 e. The molecule has 0 radical (unpaired) electrons. The number of benzene rings is 2. The van der Waals surface area contributed by atoms with Crippen LogP contribution in [0.3, 0.4) is 0 Å². The Morgan fingerprint density at radius 2 is 1.25 bits per heavy atom. The fraction of sp³-hybridized carbons (Fsp3) is 0.595. The molecule has 48 heavy (non-hydrogen) atoms. The van der Waals surface area contributed by atoms with Gasteiger partial charge in [-0.1, -0.05) is 49.2 Å². The minimum Gasteiger partial charge on any atom is -0.665 e. The molecule has 0 amide bonds. The largest absolute Gasteiger partial charge is 0.665 e. The first-order valence-electron chi connectivity index (χ1n) is 18.4. The Morgan fingerprint density at radius 1 is 0.771 bits per heavy atom. The summed E-state index contributed by atoms with van der Waals surface area (Å²) >= 11 is 12.7. The summed E-state index contributed by atoms with van der Waals surface area (Å²) in [5.41, 5.74) is 11.5. The first kappa shape index (κ1) is 36.3. The Bertz CT molecular complexity index is 1590. The minimum absolute atomic E-state index is 0.214. The number of phenols is 1. The second kappa shape index (κ2) is 15.0. The maximum Gasteiger partial charge on any atom is 0.142 e. The van der Waals surface area contributed by atoms with Crippen molar-refractivity contribution in [3.8, 4) is 16.9 Å².